The van der Waals surface area contributed by atoms with E-state index in [0.29, 0.717) is 21.9 Å². The minimum absolute atomic E-state index is 0.0160. The van der Waals surface area contributed by atoms with Gasteiger partial charge in [-0.15, -0.1) is 0 Å². The molecule has 144 valence electrons. The van der Waals surface area contributed by atoms with Crippen LogP contribution >= 0.6 is 11.6 Å². The minimum Gasteiger partial charge on any atom is -0.474 e. The second kappa shape index (κ2) is 8.02. The van der Waals surface area contributed by atoms with E-state index in [1.165, 1.54) is 6.07 Å². The van der Waals surface area contributed by atoms with E-state index < -0.39 is 0 Å². The highest BCUT2D eigenvalue weighted by atomic mass is 35.5. The van der Waals surface area contributed by atoms with Gasteiger partial charge in [-0.2, -0.15) is 0 Å². The number of aromatic nitrogens is 1. The van der Waals surface area contributed by atoms with Crippen molar-refractivity contribution in [1.29, 1.82) is 0 Å². The first-order chi connectivity index (χ1) is 13.6. The molecule has 2 aromatic heterocycles. The van der Waals surface area contributed by atoms with Crippen LogP contribution in [0.4, 0.5) is 0 Å². The Morgan fingerprint density at radius 3 is 2.68 bits per heavy atom. The van der Waals surface area contributed by atoms with Crippen molar-refractivity contribution in [3.05, 3.63) is 69.7 Å². The average molecular weight is 399 g/mol. The molecule has 0 bridgehead atoms. The molecule has 1 amide bonds. The van der Waals surface area contributed by atoms with Crippen molar-refractivity contribution in [2.75, 3.05) is 0 Å². The summed E-state index contributed by atoms with van der Waals surface area (Å²) < 4.78 is 11.5. The van der Waals surface area contributed by atoms with Crippen LogP contribution < -0.4 is 15.5 Å². The molecular weight excluding hydrogens is 380 g/mol. The summed E-state index contributed by atoms with van der Waals surface area (Å²) >= 11 is 5.83. The first kappa shape index (κ1) is 18.5. The molecule has 1 aliphatic carbocycles. The molecular formula is C21H19ClN2O4. The van der Waals surface area contributed by atoms with E-state index >= 15 is 0 Å². The van der Waals surface area contributed by atoms with Crippen LogP contribution in [0.2, 0.25) is 5.02 Å². The molecule has 6 nitrogen and oxygen atoms in total. The summed E-state index contributed by atoms with van der Waals surface area (Å²) in [4.78, 5) is 28.8. The summed E-state index contributed by atoms with van der Waals surface area (Å²) in [5.41, 5.74) is 0.187. The molecule has 7 heteroatoms. The van der Waals surface area contributed by atoms with Crippen LogP contribution in [0, 0.1) is 0 Å². The zero-order valence-corrected chi connectivity index (χ0v) is 15.8. The number of carbonyl (C=O) groups is 1. The Morgan fingerprint density at radius 1 is 1.14 bits per heavy atom. The largest absolute Gasteiger partial charge is 0.474 e. The number of nitrogens with zero attached hydrogens (tertiary/aromatic N) is 1. The lowest BCUT2D eigenvalue weighted by Crippen LogP contribution is -2.40. The average Bonchev–Trinajstić information content (AvgIpc) is 2.71. The van der Waals surface area contributed by atoms with Crippen LogP contribution in [-0.4, -0.2) is 23.0 Å². The third-order valence-corrected chi connectivity index (χ3v) is 5.08. The molecule has 2 heterocycles. The highest BCUT2D eigenvalue weighted by molar-refractivity contribution is 6.30. The van der Waals surface area contributed by atoms with Gasteiger partial charge in [-0.05, 0) is 43.9 Å². The van der Waals surface area contributed by atoms with Crippen LogP contribution in [0.5, 0.6) is 5.88 Å². The maximum atomic E-state index is 12.5. The SMILES string of the molecule is O=C(NC1CCC(Oc2ccc(Cl)cn2)CC1)c1cc(=O)c2ccccc2o1. The number of rotatable bonds is 4. The van der Waals surface area contributed by atoms with Crippen molar-refractivity contribution in [1.82, 2.24) is 10.3 Å². The van der Waals surface area contributed by atoms with E-state index in [0.717, 1.165) is 25.7 Å². The Morgan fingerprint density at radius 2 is 1.93 bits per heavy atom. The summed E-state index contributed by atoms with van der Waals surface area (Å²) in [6.07, 6.45) is 4.78. The lowest BCUT2D eigenvalue weighted by atomic mass is 9.93. The number of fused-ring (bicyclic) bond motifs is 1. The molecule has 4 rings (SSSR count). The molecule has 0 aliphatic heterocycles. The minimum atomic E-state index is -0.369. The number of halogens is 1. The number of ether oxygens (including phenoxy) is 1. The van der Waals surface area contributed by atoms with Crippen LogP contribution in [0.15, 0.2) is 57.9 Å². The standard InChI is InChI=1S/C21H19ClN2O4/c22-13-5-10-20(23-12-13)27-15-8-6-14(7-9-15)24-21(26)19-11-17(25)16-3-1-2-4-18(16)28-19/h1-5,10-12,14-15H,6-9H2,(H,24,26). The van der Waals surface area contributed by atoms with E-state index in [2.05, 4.69) is 10.3 Å². The van der Waals surface area contributed by atoms with Gasteiger partial charge in [0.15, 0.2) is 11.2 Å². The molecule has 1 N–H and O–H groups in total. The Labute approximate surface area is 166 Å². The predicted octanol–water partition coefficient (Wildman–Crippen LogP) is 3.96. The maximum Gasteiger partial charge on any atom is 0.287 e. The highest BCUT2D eigenvalue weighted by Crippen LogP contribution is 2.24. The van der Waals surface area contributed by atoms with Crippen molar-refractivity contribution in [3.63, 3.8) is 0 Å². The van der Waals surface area contributed by atoms with Crippen molar-refractivity contribution in [2.24, 2.45) is 0 Å². The first-order valence-electron chi connectivity index (χ1n) is 9.20. The number of para-hydroxylation sites is 1. The second-order valence-corrected chi connectivity index (χ2v) is 7.29. The molecule has 0 radical (unpaired) electrons. The van der Waals surface area contributed by atoms with Crippen LogP contribution in [0.25, 0.3) is 11.0 Å². The summed E-state index contributed by atoms with van der Waals surface area (Å²) in [6, 6.07) is 11.6. The molecule has 0 spiro atoms. The Bertz CT molecular complexity index is 1040. The second-order valence-electron chi connectivity index (χ2n) is 6.85. The fraction of sp³-hybridized carbons (Fsp3) is 0.286. The zero-order chi connectivity index (χ0) is 19.5. The lowest BCUT2D eigenvalue weighted by Gasteiger charge is -2.29. The Balaban J connectivity index is 1.35. The number of carbonyl (C=O) groups excluding carboxylic acids is 1. The number of benzene rings is 1. The summed E-state index contributed by atoms with van der Waals surface area (Å²) in [6.45, 7) is 0. The van der Waals surface area contributed by atoms with Gasteiger partial charge in [0.1, 0.15) is 11.7 Å². The summed E-state index contributed by atoms with van der Waals surface area (Å²) in [5, 5.41) is 3.99. The molecule has 1 fully saturated rings. The van der Waals surface area contributed by atoms with Crippen LogP contribution in [0.3, 0.4) is 0 Å². The lowest BCUT2D eigenvalue weighted by molar-refractivity contribution is 0.0864. The van der Waals surface area contributed by atoms with Gasteiger partial charge >= 0.3 is 0 Å². The van der Waals surface area contributed by atoms with Crippen LogP contribution in [-0.2, 0) is 0 Å². The Hall–Kier alpha value is -2.86. The molecule has 0 saturated heterocycles. The van der Waals surface area contributed by atoms with E-state index in [-0.39, 0.29) is 29.2 Å². The normalized spacial score (nSPS) is 19.3. The number of nitrogens with one attached hydrogen (secondary N) is 1. The van der Waals surface area contributed by atoms with Crippen molar-refractivity contribution >= 4 is 28.5 Å². The van der Waals surface area contributed by atoms with Crippen molar-refractivity contribution in [3.8, 4) is 5.88 Å². The maximum absolute atomic E-state index is 12.5. The first-order valence-corrected chi connectivity index (χ1v) is 9.58. The number of amides is 1. The molecule has 0 atom stereocenters. The van der Waals surface area contributed by atoms with Crippen molar-refractivity contribution in [2.45, 2.75) is 37.8 Å². The molecule has 1 aromatic carbocycles. The smallest absolute Gasteiger partial charge is 0.287 e. The van der Waals surface area contributed by atoms with Gasteiger partial charge in [-0.3, -0.25) is 9.59 Å². The van der Waals surface area contributed by atoms with Crippen LogP contribution in [0.1, 0.15) is 36.2 Å². The number of hydrogen-bond donors (Lipinski definition) is 1. The van der Waals surface area contributed by atoms with Gasteiger partial charge in [-0.25, -0.2) is 4.98 Å². The molecule has 1 aliphatic rings. The van der Waals surface area contributed by atoms with E-state index in [9.17, 15) is 9.59 Å². The van der Waals surface area contributed by atoms with E-state index in [1.807, 2.05) is 0 Å². The number of pyridine rings is 1. The third-order valence-electron chi connectivity index (χ3n) is 4.86. The zero-order valence-electron chi connectivity index (χ0n) is 15.1. The van der Waals surface area contributed by atoms with E-state index in [4.69, 9.17) is 20.8 Å². The van der Waals surface area contributed by atoms with Gasteiger partial charge in [0.25, 0.3) is 5.91 Å². The topological polar surface area (TPSA) is 81.4 Å². The quantitative estimate of drug-likeness (QED) is 0.719. The summed E-state index contributed by atoms with van der Waals surface area (Å²) in [5.74, 6) is 0.217. The van der Waals surface area contributed by atoms with Gasteiger partial charge in [-0.1, -0.05) is 23.7 Å². The molecule has 3 aromatic rings. The molecule has 0 unspecified atom stereocenters. The van der Waals surface area contributed by atoms with E-state index in [1.54, 1.807) is 42.6 Å². The Kier molecular flexibility index (Phi) is 5.30. The monoisotopic (exact) mass is 398 g/mol. The molecule has 1 saturated carbocycles. The predicted molar refractivity (Wildman–Crippen MR) is 106 cm³/mol. The van der Waals surface area contributed by atoms with Gasteiger partial charge in [0.2, 0.25) is 5.88 Å². The number of hydrogen-bond acceptors (Lipinski definition) is 5. The highest BCUT2D eigenvalue weighted by Gasteiger charge is 2.25. The summed E-state index contributed by atoms with van der Waals surface area (Å²) in [7, 11) is 0. The fourth-order valence-corrected chi connectivity index (χ4v) is 3.51. The van der Waals surface area contributed by atoms with Gasteiger partial charge in [0, 0.05) is 24.4 Å². The van der Waals surface area contributed by atoms with Gasteiger partial charge in [0.05, 0.1) is 10.4 Å². The van der Waals surface area contributed by atoms with Gasteiger partial charge < -0.3 is 14.5 Å². The third kappa shape index (κ3) is 4.17. The molecule has 28 heavy (non-hydrogen) atoms. The fourth-order valence-electron chi connectivity index (χ4n) is 3.40. The van der Waals surface area contributed by atoms with Crippen molar-refractivity contribution < 1.29 is 13.9 Å².